The highest BCUT2D eigenvalue weighted by Crippen LogP contribution is 2.23. The van der Waals surface area contributed by atoms with Gasteiger partial charge in [-0.1, -0.05) is 0 Å². The zero-order valence-electron chi connectivity index (χ0n) is 9.01. The Morgan fingerprint density at radius 2 is 1.80 bits per heavy atom. The molecule has 0 bridgehead atoms. The van der Waals surface area contributed by atoms with Gasteiger partial charge in [0.25, 0.3) is 0 Å². The Morgan fingerprint density at radius 1 is 1.33 bits per heavy atom. The van der Waals surface area contributed by atoms with Crippen molar-refractivity contribution in [3.8, 4) is 0 Å². The Bertz CT molecular complexity index is 218. The predicted octanol–water partition coefficient (Wildman–Crippen LogP) is -0.104. The molecule has 0 aromatic rings. The predicted molar refractivity (Wildman–Crippen MR) is 50.2 cm³/mol. The molecular weight excluding hydrogens is 211 g/mol. The zero-order chi connectivity index (χ0) is 12.2. The first kappa shape index (κ1) is 14.2. The van der Waals surface area contributed by atoms with Gasteiger partial charge in [0.2, 0.25) is 5.91 Å². The van der Waals surface area contributed by atoms with Crippen LogP contribution in [0.3, 0.4) is 0 Å². The number of nitrogens with zero attached hydrogens (tertiary/aromatic N) is 2. The third-order valence-corrected chi connectivity index (χ3v) is 2.02. The summed E-state index contributed by atoms with van der Waals surface area (Å²) in [7, 11) is 4.20. The van der Waals surface area contributed by atoms with Gasteiger partial charge < -0.3 is 10.6 Å². The summed E-state index contributed by atoms with van der Waals surface area (Å²) in [4.78, 5) is 13.3. The maximum atomic E-state index is 12.4. The quantitative estimate of drug-likeness (QED) is 0.729. The summed E-state index contributed by atoms with van der Waals surface area (Å²) in [5, 5.41) is 0. The maximum Gasteiger partial charge on any atom is 0.405 e. The van der Waals surface area contributed by atoms with Gasteiger partial charge in [-0.05, 0) is 7.05 Å². The first-order valence-electron chi connectivity index (χ1n) is 4.37. The maximum absolute atomic E-state index is 12.4. The second kappa shape index (κ2) is 5.32. The molecule has 0 rings (SSSR count). The normalized spacial score (nSPS) is 14.1. The molecule has 0 aliphatic heterocycles. The molecule has 90 valence electrons. The molecule has 0 aliphatic rings. The van der Waals surface area contributed by atoms with Gasteiger partial charge in [-0.3, -0.25) is 9.69 Å². The van der Waals surface area contributed by atoms with Crippen molar-refractivity contribution in [1.29, 1.82) is 0 Å². The van der Waals surface area contributed by atoms with Crippen LogP contribution in [0.1, 0.15) is 0 Å². The Kier molecular flexibility index (Phi) is 5.02. The van der Waals surface area contributed by atoms with E-state index in [-0.39, 0.29) is 12.5 Å². The molecule has 0 spiro atoms. The highest BCUT2D eigenvalue weighted by atomic mass is 19.4. The number of rotatable bonds is 4. The molecule has 0 aromatic carbocycles. The second-order valence-electron chi connectivity index (χ2n) is 3.50. The minimum Gasteiger partial charge on any atom is -0.348 e. The van der Waals surface area contributed by atoms with Gasteiger partial charge in [0.1, 0.15) is 6.04 Å². The Labute approximate surface area is 86.8 Å². The molecule has 0 aromatic heterocycles. The van der Waals surface area contributed by atoms with Crippen LogP contribution in [-0.2, 0) is 4.79 Å². The number of carbonyl (C=O) groups is 1. The fraction of sp³-hybridized carbons (Fsp3) is 0.875. The molecule has 0 radical (unpaired) electrons. The van der Waals surface area contributed by atoms with Crippen LogP contribution in [0, 0.1) is 0 Å². The number of halogens is 3. The van der Waals surface area contributed by atoms with Crippen molar-refractivity contribution >= 4 is 5.91 Å². The molecule has 1 amide bonds. The summed E-state index contributed by atoms with van der Waals surface area (Å²) < 4.78 is 37.1. The van der Waals surface area contributed by atoms with Crippen molar-refractivity contribution < 1.29 is 18.0 Å². The van der Waals surface area contributed by atoms with Crippen molar-refractivity contribution in [2.45, 2.75) is 12.2 Å². The minimum absolute atomic E-state index is 0.297. The van der Waals surface area contributed by atoms with Gasteiger partial charge in [-0.25, -0.2) is 0 Å². The monoisotopic (exact) mass is 227 g/mol. The summed E-state index contributed by atoms with van der Waals surface area (Å²) in [6, 6.07) is -1.78. The second-order valence-corrected chi connectivity index (χ2v) is 3.50. The number of likely N-dealkylation sites (N-methyl/N-ethyl adjacent to an activating group) is 2. The number of amides is 1. The molecule has 2 N–H and O–H groups in total. The topological polar surface area (TPSA) is 49.6 Å². The fourth-order valence-electron chi connectivity index (χ4n) is 1.03. The molecule has 4 nitrogen and oxygen atoms in total. The first-order valence-corrected chi connectivity index (χ1v) is 4.37. The van der Waals surface area contributed by atoms with E-state index < -0.39 is 18.8 Å². The molecular formula is C8H16F3N3O. The first-order chi connectivity index (χ1) is 6.70. The lowest BCUT2D eigenvalue weighted by Crippen LogP contribution is -2.51. The van der Waals surface area contributed by atoms with Crippen LogP contribution in [-0.4, -0.2) is 62.2 Å². The van der Waals surface area contributed by atoms with Crippen LogP contribution in [0.2, 0.25) is 0 Å². The lowest BCUT2D eigenvalue weighted by atomic mass is 10.2. The van der Waals surface area contributed by atoms with Gasteiger partial charge in [0.05, 0.1) is 6.54 Å². The molecule has 0 heterocycles. The van der Waals surface area contributed by atoms with Crippen molar-refractivity contribution in [3.63, 3.8) is 0 Å². The van der Waals surface area contributed by atoms with Crippen LogP contribution in [0.4, 0.5) is 13.2 Å². The number of hydrogen-bond donors (Lipinski definition) is 1. The molecule has 0 saturated carbocycles. The standard InChI is InChI=1S/C8H16F3N3O/c1-13(2)7(15)5-14(3)6(4-12)8(9,10)11/h6H,4-5,12H2,1-3H3. The Hall–Kier alpha value is -0.820. The summed E-state index contributed by atoms with van der Waals surface area (Å²) in [5.41, 5.74) is 5.03. The van der Waals surface area contributed by atoms with Crippen LogP contribution >= 0.6 is 0 Å². The Balaban J connectivity index is 4.41. The lowest BCUT2D eigenvalue weighted by molar-refractivity contribution is -0.178. The third kappa shape index (κ3) is 4.48. The van der Waals surface area contributed by atoms with E-state index in [4.69, 9.17) is 5.73 Å². The number of hydrogen-bond acceptors (Lipinski definition) is 3. The highest BCUT2D eigenvalue weighted by Gasteiger charge is 2.41. The van der Waals surface area contributed by atoms with Crippen molar-refractivity contribution in [2.24, 2.45) is 5.73 Å². The SMILES string of the molecule is CN(C)C(=O)CN(C)C(CN)C(F)(F)F. The van der Waals surface area contributed by atoms with E-state index in [9.17, 15) is 18.0 Å². The molecule has 1 unspecified atom stereocenters. The molecule has 15 heavy (non-hydrogen) atoms. The summed E-state index contributed by atoms with van der Waals surface area (Å²) in [5.74, 6) is -0.389. The van der Waals surface area contributed by atoms with Gasteiger partial charge in [-0.15, -0.1) is 0 Å². The van der Waals surface area contributed by atoms with Gasteiger partial charge >= 0.3 is 6.18 Å². The Morgan fingerprint density at radius 3 is 2.07 bits per heavy atom. The van der Waals surface area contributed by atoms with E-state index in [0.29, 0.717) is 0 Å². The number of alkyl halides is 3. The van der Waals surface area contributed by atoms with E-state index >= 15 is 0 Å². The largest absolute Gasteiger partial charge is 0.405 e. The zero-order valence-corrected chi connectivity index (χ0v) is 9.01. The van der Waals surface area contributed by atoms with Crippen LogP contribution in [0.5, 0.6) is 0 Å². The van der Waals surface area contributed by atoms with E-state index in [0.717, 1.165) is 4.90 Å². The lowest BCUT2D eigenvalue weighted by Gasteiger charge is -2.28. The number of nitrogens with two attached hydrogens (primary N) is 1. The van der Waals surface area contributed by atoms with Crippen molar-refractivity contribution in [3.05, 3.63) is 0 Å². The molecule has 0 fully saturated rings. The van der Waals surface area contributed by atoms with Gasteiger partial charge in [-0.2, -0.15) is 13.2 Å². The molecule has 1 atom stereocenters. The minimum atomic E-state index is -4.41. The van der Waals surface area contributed by atoms with Crippen LogP contribution in [0.15, 0.2) is 0 Å². The van der Waals surface area contributed by atoms with Crippen LogP contribution < -0.4 is 5.73 Å². The van der Waals surface area contributed by atoms with E-state index in [1.54, 1.807) is 0 Å². The van der Waals surface area contributed by atoms with Gasteiger partial charge in [0, 0.05) is 20.6 Å². The van der Waals surface area contributed by atoms with Crippen molar-refractivity contribution in [2.75, 3.05) is 34.2 Å². The third-order valence-electron chi connectivity index (χ3n) is 2.02. The fourth-order valence-corrected chi connectivity index (χ4v) is 1.03. The summed E-state index contributed by atoms with van der Waals surface area (Å²) in [6.45, 7) is -0.852. The van der Waals surface area contributed by atoms with Crippen LogP contribution in [0.25, 0.3) is 0 Å². The van der Waals surface area contributed by atoms with E-state index in [2.05, 4.69) is 0 Å². The van der Waals surface area contributed by atoms with Crippen molar-refractivity contribution in [1.82, 2.24) is 9.80 Å². The summed E-state index contributed by atoms with van der Waals surface area (Å²) >= 11 is 0. The highest BCUT2D eigenvalue weighted by molar-refractivity contribution is 5.77. The smallest absolute Gasteiger partial charge is 0.348 e. The molecule has 7 heteroatoms. The summed E-state index contributed by atoms with van der Waals surface area (Å²) in [6.07, 6.45) is -4.41. The van der Waals surface area contributed by atoms with E-state index in [1.165, 1.54) is 26.0 Å². The van der Waals surface area contributed by atoms with Gasteiger partial charge in [0.15, 0.2) is 0 Å². The van der Waals surface area contributed by atoms with E-state index in [1.807, 2.05) is 0 Å². The average molecular weight is 227 g/mol. The molecule has 0 aliphatic carbocycles. The molecule has 0 saturated heterocycles. The average Bonchev–Trinajstić information content (AvgIpc) is 2.01. The number of carbonyl (C=O) groups excluding carboxylic acids is 1.